The standard InChI is InChI=1S/C14H8BrF3O2/c15-8-3-1-7(2-4-8)13(19)14(20)10-5-9(16)6-11(17)12(10)18/h1-6,14,20H/t14-/m1/s1. The van der Waals surface area contributed by atoms with Crippen LogP contribution in [0.2, 0.25) is 0 Å². The van der Waals surface area contributed by atoms with Crippen molar-refractivity contribution in [2.24, 2.45) is 0 Å². The summed E-state index contributed by atoms with van der Waals surface area (Å²) >= 11 is 3.17. The van der Waals surface area contributed by atoms with Crippen LogP contribution in [0.25, 0.3) is 0 Å². The summed E-state index contributed by atoms with van der Waals surface area (Å²) in [6, 6.07) is 6.87. The van der Waals surface area contributed by atoms with Gasteiger partial charge in [0.25, 0.3) is 0 Å². The summed E-state index contributed by atoms with van der Waals surface area (Å²) < 4.78 is 40.4. The van der Waals surface area contributed by atoms with E-state index in [0.717, 1.165) is 0 Å². The van der Waals surface area contributed by atoms with Gasteiger partial charge in [0.15, 0.2) is 17.4 Å². The van der Waals surface area contributed by atoms with Crippen molar-refractivity contribution in [3.63, 3.8) is 0 Å². The van der Waals surface area contributed by atoms with Crippen LogP contribution in [0.4, 0.5) is 13.2 Å². The number of hydrogen-bond donors (Lipinski definition) is 1. The molecule has 0 saturated carbocycles. The molecule has 1 N–H and O–H groups in total. The molecule has 0 aliphatic rings. The lowest BCUT2D eigenvalue weighted by Gasteiger charge is -2.11. The minimum atomic E-state index is -1.97. The summed E-state index contributed by atoms with van der Waals surface area (Å²) in [6.45, 7) is 0. The zero-order valence-electron chi connectivity index (χ0n) is 9.91. The molecule has 0 bridgehead atoms. The molecule has 0 unspecified atom stereocenters. The Hall–Kier alpha value is -1.66. The molecule has 0 heterocycles. The maximum absolute atomic E-state index is 13.5. The average Bonchev–Trinajstić information content (AvgIpc) is 2.42. The van der Waals surface area contributed by atoms with Crippen molar-refractivity contribution in [1.29, 1.82) is 0 Å². The van der Waals surface area contributed by atoms with Crippen LogP contribution >= 0.6 is 15.9 Å². The van der Waals surface area contributed by atoms with Gasteiger partial charge in [-0.3, -0.25) is 4.79 Å². The monoisotopic (exact) mass is 344 g/mol. The zero-order valence-corrected chi connectivity index (χ0v) is 11.5. The van der Waals surface area contributed by atoms with E-state index in [1.165, 1.54) is 12.1 Å². The fourth-order valence-electron chi connectivity index (χ4n) is 1.69. The second kappa shape index (κ2) is 5.76. The number of benzene rings is 2. The lowest BCUT2D eigenvalue weighted by atomic mass is 9.99. The van der Waals surface area contributed by atoms with E-state index in [1.54, 1.807) is 12.1 Å². The number of rotatable bonds is 3. The van der Waals surface area contributed by atoms with Crippen molar-refractivity contribution in [2.45, 2.75) is 6.10 Å². The summed E-state index contributed by atoms with van der Waals surface area (Å²) in [7, 11) is 0. The van der Waals surface area contributed by atoms with Crippen LogP contribution in [0.3, 0.4) is 0 Å². The van der Waals surface area contributed by atoms with Gasteiger partial charge in [-0.25, -0.2) is 13.2 Å². The molecule has 2 rings (SSSR count). The Balaban J connectivity index is 2.38. The van der Waals surface area contributed by atoms with Crippen LogP contribution in [-0.4, -0.2) is 10.9 Å². The van der Waals surface area contributed by atoms with Crippen LogP contribution < -0.4 is 0 Å². The van der Waals surface area contributed by atoms with E-state index in [1.807, 2.05) is 0 Å². The molecule has 0 saturated heterocycles. The third-order valence-electron chi connectivity index (χ3n) is 2.69. The summed E-state index contributed by atoms with van der Waals surface area (Å²) in [6.07, 6.45) is -1.97. The van der Waals surface area contributed by atoms with E-state index in [2.05, 4.69) is 15.9 Å². The highest BCUT2D eigenvalue weighted by Crippen LogP contribution is 2.24. The Morgan fingerprint density at radius 2 is 1.70 bits per heavy atom. The van der Waals surface area contributed by atoms with Gasteiger partial charge in [-0.1, -0.05) is 28.1 Å². The topological polar surface area (TPSA) is 37.3 Å². The van der Waals surface area contributed by atoms with Gasteiger partial charge in [-0.15, -0.1) is 0 Å². The Morgan fingerprint density at radius 1 is 1.10 bits per heavy atom. The van der Waals surface area contributed by atoms with Crippen molar-refractivity contribution >= 4 is 21.7 Å². The SMILES string of the molecule is O=C(c1ccc(Br)cc1)[C@H](O)c1cc(F)cc(F)c1F. The molecule has 2 nitrogen and oxygen atoms in total. The number of halogens is 4. The number of carbonyl (C=O) groups is 1. The fraction of sp³-hybridized carbons (Fsp3) is 0.0714. The van der Waals surface area contributed by atoms with Gasteiger partial charge in [-0.2, -0.15) is 0 Å². The molecule has 2 aromatic carbocycles. The number of ketones is 1. The highest BCUT2D eigenvalue weighted by molar-refractivity contribution is 9.10. The smallest absolute Gasteiger partial charge is 0.195 e. The minimum absolute atomic E-state index is 0.102. The van der Waals surface area contributed by atoms with E-state index in [-0.39, 0.29) is 5.56 Å². The average molecular weight is 345 g/mol. The normalized spacial score (nSPS) is 12.2. The van der Waals surface area contributed by atoms with Gasteiger partial charge < -0.3 is 5.11 Å². The highest BCUT2D eigenvalue weighted by atomic mass is 79.9. The molecule has 0 spiro atoms. The lowest BCUT2D eigenvalue weighted by Crippen LogP contribution is -2.15. The molecule has 0 aliphatic carbocycles. The Bertz CT molecular complexity index is 656. The fourth-order valence-corrected chi connectivity index (χ4v) is 1.95. The predicted octanol–water partition coefficient (Wildman–Crippen LogP) is 3.78. The van der Waals surface area contributed by atoms with Crippen LogP contribution in [0.15, 0.2) is 40.9 Å². The first-order valence-electron chi connectivity index (χ1n) is 5.52. The number of hydrogen-bond acceptors (Lipinski definition) is 2. The van der Waals surface area contributed by atoms with Gasteiger partial charge in [0.2, 0.25) is 0 Å². The van der Waals surface area contributed by atoms with Gasteiger partial charge in [0.1, 0.15) is 11.9 Å². The summed E-state index contributed by atoms with van der Waals surface area (Å²) in [4.78, 5) is 12.0. The Kier molecular flexibility index (Phi) is 4.25. The summed E-state index contributed by atoms with van der Waals surface area (Å²) in [5.74, 6) is -4.81. The molecule has 0 aliphatic heterocycles. The van der Waals surface area contributed by atoms with Crippen LogP contribution in [0, 0.1) is 17.5 Å². The molecule has 0 aromatic heterocycles. The van der Waals surface area contributed by atoms with Crippen LogP contribution in [0.5, 0.6) is 0 Å². The van der Waals surface area contributed by atoms with Gasteiger partial charge in [-0.05, 0) is 18.2 Å². The van der Waals surface area contributed by atoms with E-state index < -0.39 is 34.9 Å². The van der Waals surface area contributed by atoms with E-state index in [0.29, 0.717) is 16.6 Å². The maximum Gasteiger partial charge on any atom is 0.195 e. The van der Waals surface area contributed by atoms with Gasteiger partial charge >= 0.3 is 0 Å². The maximum atomic E-state index is 13.5. The number of carbonyl (C=O) groups excluding carboxylic acids is 1. The molecule has 2 aromatic rings. The van der Waals surface area contributed by atoms with E-state index in [9.17, 15) is 23.1 Å². The lowest BCUT2D eigenvalue weighted by molar-refractivity contribution is 0.0738. The van der Waals surface area contributed by atoms with Crippen molar-refractivity contribution in [2.75, 3.05) is 0 Å². The molecule has 6 heteroatoms. The molecule has 0 amide bonds. The first-order valence-corrected chi connectivity index (χ1v) is 6.31. The van der Waals surface area contributed by atoms with Crippen LogP contribution in [-0.2, 0) is 0 Å². The van der Waals surface area contributed by atoms with Crippen molar-refractivity contribution in [3.8, 4) is 0 Å². The van der Waals surface area contributed by atoms with Gasteiger partial charge in [0, 0.05) is 21.7 Å². The molecule has 104 valence electrons. The quantitative estimate of drug-likeness (QED) is 0.679. The van der Waals surface area contributed by atoms with Crippen molar-refractivity contribution in [1.82, 2.24) is 0 Å². The summed E-state index contributed by atoms with van der Waals surface area (Å²) in [5, 5.41) is 9.81. The predicted molar refractivity (Wildman–Crippen MR) is 69.7 cm³/mol. The molecule has 20 heavy (non-hydrogen) atoms. The third-order valence-corrected chi connectivity index (χ3v) is 3.22. The second-order valence-corrected chi connectivity index (χ2v) is 4.98. The summed E-state index contributed by atoms with van der Waals surface area (Å²) in [5.41, 5.74) is -0.625. The highest BCUT2D eigenvalue weighted by Gasteiger charge is 2.25. The largest absolute Gasteiger partial charge is 0.380 e. The van der Waals surface area contributed by atoms with E-state index in [4.69, 9.17) is 0 Å². The van der Waals surface area contributed by atoms with Crippen LogP contribution in [0.1, 0.15) is 22.0 Å². The Morgan fingerprint density at radius 3 is 2.30 bits per heavy atom. The molecule has 1 atom stereocenters. The first-order chi connectivity index (χ1) is 9.40. The second-order valence-electron chi connectivity index (χ2n) is 4.06. The molecular weight excluding hydrogens is 337 g/mol. The zero-order chi connectivity index (χ0) is 14.9. The minimum Gasteiger partial charge on any atom is -0.380 e. The number of aliphatic hydroxyl groups is 1. The first kappa shape index (κ1) is 14.7. The number of Topliss-reactive ketones (excluding diaryl/α,β-unsaturated/α-hetero) is 1. The van der Waals surface area contributed by atoms with Gasteiger partial charge in [0.05, 0.1) is 0 Å². The van der Waals surface area contributed by atoms with Crippen molar-refractivity contribution in [3.05, 3.63) is 69.4 Å². The molecule has 0 fully saturated rings. The van der Waals surface area contributed by atoms with Crippen molar-refractivity contribution < 1.29 is 23.1 Å². The Labute approximate surface area is 121 Å². The van der Waals surface area contributed by atoms with E-state index >= 15 is 0 Å². The molecular formula is C14H8BrF3O2. The number of aliphatic hydroxyl groups excluding tert-OH is 1. The third kappa shape index (κ3) is 2.91. The molecule has 0 radical (unpaired) electrons.